The van der Waals surface area contributed by atoms with Crippen LogP contribution in [0.25, 0.3) is 0 Å². The van der Waals surface area contributed by atoms with E-state index in [1.807, 2.05) is 54.6 Å². The van der Waals surface area contributed by atoms with E-state index in [1.165, 1.54) is 18.3 Å². The summed E-state index contributed by atoms with van der Waals surface area (Å²) in [6, 6.07) is 20.0. The van der Waals surface area contributed by atoms with Crippen molar-refractivity contribution in [3.63, 3.8) is 0 Å². The number of carbonyl (C=O) groups excluding carboxylic acids is 2. The van der Waals surface area contributed by atoms with Crippen LogP contribution in [0, 0.1) is 3.57 Å². The Bertz CT molecular complexity index is 945. The van der Waals surface area contributed by atoms with Gasteiger partial charge in [0.25, 0.3) is 0 Å². The van der Waals surface area contributed by atoms with E-state index in [1.54, 1.807) is 0 Å². The van der Waals surface area contributed by atoms with Crippen molar-refractivity contribution < 1.29 is 14.3 Å². The van der Waals surface area contributed by atoms with Crippen LogP contribution in [-0.4, -0.2) is 16.9 Å². The van der Waals surface area contributed by atoms with Crippen molar-refractivity contribution in [1.82, 2.24) is 4.98 Å². The largest absolute Gasteiger partial charge is 0.448 e. The molecule has 6 heteroatoms. The Morgan fingerprint density at radius 1 is 0.962 bits per heavy atom. The second-order valence-corrected chi connectivity index (χ2v) is 6.79. The number of amides is 1. The number of aromatic nitrogens is 1. The average Bonchev–Trinajstić information content (AvgIpc) is 2.66. The van der Waals surface area contributed by atoms with Crippen LogP contribution in [-0.2, 0) is 4.74 Å². The molecule has 0 aliphatic heterocycles. The number of nitrogens with zero attached hydrogens (tertiary/aromatic N) is 1. The van der Waals surface area contributed by atoms with Crippen molar-refractivity contribution in [3.05, 3.63) is 98.9 Å². The molecule has 1 unspecified atom stereocenters. The number of primary amides is 1. The third kappa shape index (κ3) is 4.26. The number of rotatable bonds is 5. The maximum atomic E-state index is 12.6. The Kier molecular flexibility index (Phi) is 5.62. The molecule has 1 aromatic heterocycles. The van der Waals surface area contributed by atoms with E-state index < -0.39 is 18.0 Å². The van der Waals surface area contributed by atoms with Crippen LogP contribution >= 0.6 is 22.6 Å². The van der Waals surface area contributed by atoms with E-state index in [-0.39, 0.29) is 11.3 Å². The van der Waals surface area contributed by atoms with Gasteiger partial charge in [-0.15, -0.1) is 0 Å². The van der Waals surface area contributed by atoms with Crippen molar-refractivity contribution in [1.29, 1.82) is 0 Å². The minimum atomic E-state index is -0.626. The topological polar surface area (TPSA) is 82.3 Å². The van der Waals surface area contributed by atoms with E-state index in [2.05, 4.69) is 27.6 Å². The minimum Gasteiger partial charge on any atom is -0.448 e. The molecular formula is C20H15IN2O3. The van der Waals surface area contributed by atoms with Crippen molar-refractivity contribution in [2.75, 3.05) is 0 Å². The van der Waals surface area contributed by atoms with Crippen LogP contribution in [0.2, 0.25) is 0 Å². The molecule has 3 rings (SSSR count). The predicted molar refractivity (Wildman–Crippen MR) is 106 cm³/mol. The third-order valence-corrected chi connectivity index (χ3v) is 4.40. The van der Waals surface area contributed by atoms with Crippen LogP contribution in [0.5, 0.6) is 0 Å². The summed E-state index contributed by atoms with van der Waals surface area (Å²) >= 11 is 2.21. The standard InChI is InChI=1S/C20H15IN2O3/c21-16-8-4-7-14(11-16)18(13-5-2-1-3-6-13)26-20(25)17-12-15(19(22)24)9-10-23-17/h1-12,18H,(H2,22,24). The summed E-state index contributed by atoms with van der Waals surface area (Å²) in [7, 11) is 0. The highest BCUT2D eigenvalue weighted by atomic mass is 127. The van der Waals surface area contributed by atoms with E-state index in [4.69, 9.17) is 10.5 Å². The van der Waals surface area contributed by atoms with Crippen LogP contribution in [0.15, 0.2) is 72.9 Å². The Hall–Kier alpha value is -2.74. The second kappa shape index (κ2) is 8.09. The molecule has 3 aromatic rings. The van der Waals surface area contributed by atoms with Gasteiger partial charge in [-0.3, -0.25) is 4.79 Å². The number of hydrogen-bond donors (Lipinski definition) is 1. The lowest BCUT2D eigenvalue weighted by molar-refractivity contribution is 0.0371. The van der Waals surface area contributed by atoms with Crippen LogP contribution in [0.1, 0.15) is 38.1 Å². The van der Waals surface area contributed by atoms with Gasteiger partial charge in [0.05, 0.1) is 0 Å². The van der Waals surface area contributed by atoms with Gasteiger partial charge in [-0.1, -0.05) is 42.5 Å². The smallest absolute Gasteiger partial charge is 0.357 e. The van der Waals surface area contributed by atoms with Gasteiger partial charge >= 0.3 is 5.97 Å². The van der Waals surface area contributed by atoms with E-state index >= 15 is 0 Å². The molecule has 1 atom stereocenters. The quantitative estimate of drug-likeness (QED) is 0.467. The molecule has 0 saturated carbocycles. The lowest BCUT2D eigenvalue weighted by Crippen LogP contribution is -2.16. The van der Waals surface area contributed by atoms with Gasteiger partial charge < -0.3 is 10.5 Å². The Morgan fingerprint density at radius 2 is 1.69 bits per heavy atom. The van der Waals surface area contributed by atoms with Crippen molar-refractivity contribution in [2.24, 2.45) is 5.73 Å². The first-order chi connectivity index (χ1) is 12.5. The van der Waals surface area contributed by atoms with Crippen molar-refractivity contribution in [2.45, 2.75) is 6.10 Å². The molecule has 0 aliphatic carbocycles. The molecule has 0 aliphatic rings. The SMILES string of the molecule is NC(=O)c1ccnc(C(=O)OC(c2ccccc2)c2cccc(I)c2)c1. The zero-order valence-electron chi connectivity index (χ0n) is 13.6. The number of carbonyl (C=O) groups is 2. The molecule has 0 fully saturated rings. The molecular weight excluding hydrogens is 443 g/mol. The summed E-state index contributed by atoms with van der Waals surface area (Å²) < 4.78 is 6.77. The molecule has 0 radical (unpaired) electrons. The van der Waals surface area contributed by atoms with Gasteiger partial charge in [-0.25, -0.2) is 9.78 Å². The molecule has 26 heavy (non-hydrogen) atoms. The normalized spacial score (nSPS) is 11.6. The highest BCUT2D eigenvalue weighted by Crippen LogP contribution is 2.28. The minimum absolute atomic E-state index is 0.0351. The Labute approximate surface area is 164 Å². The fourth-order valence-electron chi connectivity index (χ4n) is 2.49. The first-order valence-electron chi connectivity index (χ1n) is 7.82. The number of hydrogen-bond acceptors (Lipinski definition) is 4. The van der Waals surface area contributed by atoms with Crippen molar-refractivity contribution >= 4 is 34.5 Å². The predicted octanol–water partition coefficient (Wildman–Crippen LogP) is 3.73. The van der Waals surface area contributed by atoms with Gasteiger partial charge in [0.1, 0.15) is 5.69 Å². The molecule has 130 valence electrons. The van der Waals surface area contributed by atoms with Gasteiger partial charge in [0.15, 0.2) is 6.10 Å². The van der Waals surface area contributed by atoms with Crippen LogP contribution in [0.4, 0.5) is 0 Å². The second-order valence-electron chi connectivity index (χ2n) is 5.55. The Morgan fingerprint density at radius 3 is 2.38 bits per heavy atom. The summed E-state index contributed by atoms with van der Waals surface area (Å²) in [5.41, 5.74) is 7.20. The highest BCUT2D eigenvalue weighted by molar-refractivity contribution is 14.1. The van der Waals surface area contributed by atoms with Gasteiger partial charge in [-0.2, -0.15) is 0 Å². The maximum absolute atomic E-state index is 12.6. The van der Waals surface area contributed by atoms with Crippen LogP contribution < -0.4 is 5.73 Å². The molecule has 0 bridgehead atoms. The fraction of sp³-hybridized carbons (Fsp3) is 0.0500. The zero-order chi connectivity index (χ0) is 18.5. The molecule has 1 heterocycles. The number of pyridine rings is 1. The number of benzene rings is 2. The monoisotopic (exact) mass is 458 g/mol. The average molecular weight is 458 g/mol. The molecule has 0 saturated heterocycles. The molecule has 2 N–H and O–H groups in total. The first kappa shape index (κ1) is 18.1. The zero-order valence-corrected chi connectivity index (χ0v) is 15.8. The fourth-order valence-corrected chi connectivity index (χ4v) is 3.06. The summed E-state index contributed by atoms with van der Waals surface area (Å²) in [4.78, 5) is 27.9. The van der Waals surface area contributed by atoms with E-state index in [0.717, 1.165) is 14.7 Å². The highest BCUT2D eigenvalue weighted by Gasteiger charge is 2.21. The first-order valence-corrected chi connectivity index (χ1v) is 8.90. The molecule has 2 aromatic carbocycles. The molecule has 0 spiro atoms. The molecule has 1 amide bonds. The number of nitrogens with two attached hydrogens (primary N) is 1. The van der Waals surface area contributed by atoms with E-state index in [0.29, 0.717) is 0 Å². The van der Waals surface area contributed by atoms with Crippen molar-refractivity contribution in [3.8, 4) is 0 Å². The van der Waals surface area contributed by atoms with Gasteiger partial charge in [-0.05, 0) is 58.0 Å². The molecule has 5 nitrogen and oxygen atoms in total. The lowest BCUT2D eigenvalue weighted by atomic mass is 10.0. The van der Waals surface area contributed by atoms with Crippen LogP contribution in [0.3, 0.4) is 0 Å². The van der Waals surface area contributed by atoms with E-state index in [9.17, 15) is 9.59 Å². The number of ether oxygens (including phenoxy) is 1. The number of halogens is 1. The maximum Gasteiger partial charge on any atom is 0.357 e. The van der Waals surface area contributed by atoms with Gasteiger partial charge in [0, 0.05) is 15.3 Å². The summed E-state index contributed by atoms with van der Waals surface area (Å²) in [6.07, 6.45) is 0.775. The summed E-state index contributed by atoms with van der Waals surface area (Å²) in [6.45, 7) is 0. The third-order valence-electron chi connectivity index (χ3n) is 3.73. The summed E-state index contributed by atoms with van der Waals surface area (Å²) in [5, 5.41) is 0. The summed E-state index contributed by atoms with van der Waals surface area (Å²) in [5.74, 6) is -1.25. The number of esters is 1. The van der Waals surface area contributed by atoms with Gasteiger partial charge in [0.2, 0.25) is 5.91 Å². The lowest BCUT2D eigenvalue weighted by Gasteiger charge is -2.19. The Balaban J connectivity index is 1.94.